The van der Waals surface area contributed by atoms with Gasteiger partial charge in [0.2, 0.25) is 5.91 Å². The highest BCUT2D eigenvalue weighted by molar-refractivity contribution is 6.34. The number of carbonyl (C=O) groups excluding carboxylic acids is 2. The fourth-order valence-corrected chi connectivity index (χ4v) is 6.24. The molecule has 47 heavy (non-hydrogen) atoms. The molecule has 0 unspecified atom stereocenters. The Morgan fingerprint density at radius 1 is 1.02 bits per heavy atom. The Kier molecular flexibility index (Phi) is 11.4. The zero-order valence-corrected chi connectivity index (χ0v) is 27.7. The van der Waals surface area contributed by atoms with Gasteiger partial charge in [-0.3, -0.25) is 10.1 Å². The van der Waals surface area contributed by atoms with Crippen molar-refractivity contribution in [3.8, 4) is 5.75 Å². The SMILES string of the molecule is CN(C[C@H](O)[C@@H](O)[C@H](O)[C@H](O)CO)C(=O)NCCOc1cc(Cl)c(CNC2(C(=O)N3CCN(C4CC4)c4ccccc43)CC2)cc1Cl. The van der Waals surface area contributed by atoms with Crippen molar-refractivity contribution in [3.63, 3.8) is 0 Å². The van der Waals surface area contributed by atoms with Crippen molar-refractivity contribution in [3.05, 3.63) is 52.0 Å². The lowest BCUT2D eigenvalue weighted by Crippen LogP contribution is -2.53. The standard InChI is InChI=1S/C32H43Cl2N5O8/c1-37(17-25(41)28(43)29(44)26(42)18-40)31(46)35-10-13-47-27-15-21(33)19(14-22(27)34)16-36-32(8-9-32)30(45)39-12-11-38(20-6-7-20)23-4-2-3-5-24(23)39/h2-5,14-15,20,25-26,28-29,36,40-44H,6-13,16-18H2,1H3,(H,35,46)/t25-,26+,28+,29+/m0/s1. The monoisotopic (exact) mass is 695 g/mol. The van der Waals surface area contributed by atoms with Crippen LogP contribution in [-0.4, -0.2) is 125 Å². The molecule has 0 spiro atoms. The number of aliphatic hydroxyl groups is 5. The summed E-state index contributed by atoms with van der Waals surface area (Å²) in [6.45, 7) is 0.788. The molecule has 2 aliphatic carbocycles. The van der Waals surface area contributed by atoms with Gasteiger partial charge in [0.25, 0.3) is 0 Å². The number of nitrogens with zero attached hydrogens (tertiary/aromatic N) is 3. The van der Waals surface area contributed by atoms with Crippen LogP contribution in [0.3, 0.4) is 0 Å². The van der Waals surface area contributed by atoms with Crippen LogP contribution in [0.25, 0.3) is 0 Å². The maximum absolute atomic E-state index is 13.8. The number of anilines is 2. The number of halogens is 2. The number of benzene rings is 2. The fourth-order valence-electron chi connectivity index (χ4n) is 5.78. The number of rotatable bonds is 15. The minimum absolute atomic E-state index is 0.0485. The highest BCUT2D eigenvalue weighted by Crippen LogP contribution is 2.44. The molecule has 3 aliphatic rings. The summed E-state index contributed by atoms with van der Waals surface area (Å²) in [5.74, 6) is 0.388. The second kappa shape index (κ2) is 15.1. The van der Waals surface area contributed by atoms with Crippen LogP contribution in [0.2, 0.25) is 10.0 Å². The van der Waals surface area contributed by atoms with Gasteiger partial charge in [-0.1, -0.05) is 35.3 Å². The molecule has 0 radical (unpaired) electrons. The van der Waals surface area contributed by atoms with Crippen molar-refractivity contribution < 1.29 is 39.9 Å². The van der Waals surface area contributed by atoms with Crippen LogP contribution in [0.15, 0.2) is 36.4 Å². The van der Waals surface area contributed by atoms with E-state index in [1.807, 2.05) is 23.1 Å². The Morgan fingerprint density at radius 2 is 1.70 bits per heavy atom. The molecule has 258 valence electrons. The normalized spacial score (nSPS) is 19.3. The van der Waals surface area contributed by atoms with E-state index >= 15 is 0 Å². The molecular formula is C32H43Cl2N5O8. The van der Waals surface area contributed by atoms with Crippen molar-refractivity contribution in [2.75, 3.05) is 56.2 Å². The summed E-state index contributed by atoms with van der Waals surface area (Å²) in [7, 11) is 1.37. The molecule has 2 saturated carbocycles. The Balaban J connectivity index is 1.09. The number of fused-ring (bicyclic) bond motifs is 1. The van der Waals surface area contributed by atoms with Gasteiger partial charge in [0, 0.05) is 43.8 Å². The maximum Gasteiger partial charge on any atom is 0.317 e. The summed E-state index contributed by atoms with van der Waals surface area (Å²) in [6.07, 6.45) is -2.91. The third kappa shape index (κ3) is 8.23. The lowest BCUT2D eigenvalue weighted by molar-refractivity contribution is -0.121. The molecule has 2 aromatic rings. The van der Waals surface area contributed by atoms with E-state index < -0.39 is 42.6 Å². The first-order valence-corrected chi connectivity index (χ1v) is 16.6. The van der Waals surface area contributed by atoms with E-state index in [0.29, 0.717) is 40.5 Å². The summed E-state index contributed by atoms with van der Waals surface area (Å²) >= 11 is 13.1. The van der Waals surface area contributed by atoms with Crippen LogP contribution < -0.4 is 25.2 Å². The third-order valence-corrected chi connectivity index (χ3v) is 9.57. The molecule has 2 aromatic carbocycles. The molecule has 3 amide bonds. The Labute approximate surface area is 283 Å². The number of likely N-dealkylation sites (N-methyl/N-ethyl adjacent to an activating group) is 1. The number of urea groups is 1. The molecule has 0 aromatic heterocycles. The molecule has 2 fully saturated rings. The molecule has 7 N–H and O–H groups in total. The Morgan fingerprint density at radius 3 is 2.36 bits per heavy atom. The number of nitrogens with one attached hydrogen (secondary N) is 2. The second-order valence-corrected chi connectivity index (χ2v) is 13.3. The van der Waals surface area contributed by atoms with E-state index in [1.165, 1.54) is 19.9 Å². The van der Waals surface area contributed by atoms with Crippen molar-refractivity contribution in [1.29, 1.82) is 0 Å². The van der Waals surface area contributed by atoms with Crippen molar-refractivity contribution in [2.24, 2.45) is 0 Å². The van der Waals surface area contributed by atoms with Gasteiger partial charge in [-0.2, -0.15) is 0 Å². The first-order valence-electron chi connectivity index (χ1n) is 15.8. The molecule has 4 atom stereocenters. The smallest absolute Gasteiger partial charge is 0.317 e. The van der Waals surface area contributed by atoms with Crippen LogP contribution in [0, 0.1) is 0 Å². The fraction of sp³-hybridized carbons (Fsp3) is 0.562. The van der Waals surface area contributed by atoms with Crippen molar-refractivity contribution in [1.82, 2.24) is 15.5 Å². The summed E-state index contributed by atoms with van der Waals surface area (Å²) < 4.78 is 5.72. The highest BCUT2D eigenvalue weighted by atomic mass is 35.5. The van der Waals surface area contributed by atoms with E-state index in [1.54, 1.807) is 12.1 Å². The molecule has 13 nitrogen and oxygen atoms in total. The summed E-state index contributed by atoms with van der Waals surface area (Å²) in [5.41, 5.74) is 2.14. The molecule has 0 bridgehead atoms. The quantitative estimate of drug-likeness (QED) is 0.133. The van der Waals surface area contributed by atoms with Crippen LogP contribution in [-0.2, 0) is 11.3 Å². The summed E-state index contributed by atoms with van der Waals surface area (Å²) in [6, 6.07) is 11.4. The van der Waals surface area contributed by atoms with Gasteiger partial charge in [-0.25, -0.2) is 4.79 Å². The van der Waals surface area contributed by atoms with Gasteiger partial charge >= 0.3 is 6.03 Å². The van der Waals surface area contributed by atoms with Gasteiger partial charge in [0.05, 0.1) is 41.6 Å². The number of carbonyl (C=O) groups is 2. The van der Waals surface area contributed by atoms with E-state index in [2.05, 4.69) is 21.6 Å². The number of ether oxygens (including phenoxy) is 1. The first kappa shape index (κ1) is 35.4. The van der Waals surface area contributed by atoms with E-state index in [9.17, 15) is 30.0 Å². The number of aliphatic hydroxyl groups excluding tert-OH is 5. The van der Waals surface area contributed by atoms with Crippen LogP contribution in [0.1, 0.15) is 31.2 Å². The predicted octanol–water partition coefficient (Wildman–Crippen LogP) is 1.09. The third-order valence-electron chi connectivity index (χ3n) is 8.93. The topological polar surface area (TPSA) is 178 Å². The van der Waals surface area contributed by atoms with E-state index in [-0.39, 0.29) is 25.6 Å². The zero-order chi connectivity index (χ0) is 33.9. The molecule has 15 heteroatoms. The van der Waals surface area contributed by atoms with Crippen LogP contribution in [0.4, 0.5) is 16.2 Å². The minimum atomic E-state index is -1.79. The molecule has 1 aliphatic heterocycles. The number of hydrogen-bond donors (Lipinski definition) is 7. The first-order chi connectivity index (χ1) is 22.5. The van der Waals surface area contributed by atoms with E-state index in [0.717, 1.165) is 35.7 Å². The van der Waals surface area contributed by atoms with Gasteiger partial charge in [-0.15, -0.1) is 0 Å². The van der Waals surface area contributed by atoms with Gasteiger partial charge < -0.3 is 50.3 Å². The zero-order valence-electron chi connectivity index (χ0n) is 26.2. The lowest BCUT2D eigenvalue weighted by Gasteiger charge is -2.39. The van der Waals surface area contributed by atoms with Crippen molar-refractivity contribution in [2.45, 2.75) is 68.2 Å². The predicted molar refractivity (Wildman–Crippen MR) is 177 cm³/mol. The highest BCUT2D eigenvalue weighted by Gasteiger charge is 2.52. The number of para-hydroxylation sites is 2. The number of hydrogen-bond acceptors (Lipinski definition) is 10. The van der Waals surface area contributed by atoms with E-state index in [4.69, 9.17) is 33.0 Å². The largest absolute Gasteiger partial charge is 0.490 e. The Hall–Kier alpha value is -2.88. The molecule has 1 heterocycles. The average Bonchev–Trinajstić information content (AvgIpc) is 4.01. The van der Waals surface area contributed by atoms with Crippen LogP contribution in [0.5, 0.6) is 5.75 Å². The molecular weight excluding hydrogens is 653 g/mol. The van der Waals surface area contributed by atoms with Gasteiger partial charge in [0.1, 0.15) is 36.8 Å². The summed E-state index contributed by atoms with van der Waals surface area (Å²) in [4.78, 5) is 31.6. The Bertz CT molecular complexity index is 1430. The van der Waals surface area contributed by atoms with Gasteiger partial charge in [-0.05, 0) is 49.4 Å². The lowest BCUT2D eigenvalue weighted by atomic mass is 10.0. The molecule has 5 rings (SSSR count). The minimum Gasteiger partial charge on any atom is -0.490 e. The van der Waals surface area contributed by atoms with Crippen LogP contribution >= 0.6 is 23.2 Å². The second-order valence-electron chi connectivity index (χ2n) is 12.4. The number of amides is 3. The average molecular weight is 697 g/mol. The summed E-state index contributed by atoms with van der Waals surface area (Å²) in [5, 5.41) is 54.9. The molecule has 0 saturated heterocycles. The maximum atomic E-state index is 13.8. The van der Waals surface area contributed by atoms with Crippen molar-refractivity contribution >= 4 is 46.5 Å². The van der Waals surface area contributed by atoms with Gasteiger partial charge in [0.15, 0.2) is 0 Å².